The summed E-state index contributed by atoms with van der Waals surface area (Å²) >= 11 is 0. The van der Waals surface area contributed by atoms with Crippen LogP contribution in [0.3, 0.4) is 0 Å². The van der Waals surface area contributed by atoms with Crippen LogP contribution in [0.4, 0.5) is 0 Å². The molecule has 2 N–H and O–H groups in total. The van der Waals surface area contributed by atoms with E-state index in [1.807, 2.05) is 34.6 Å². The third kappa shape index (κ3) is 4.73. The van der Waals surface area contributed by atoms with E-state index in [0.29, 0.717) is 25.9 Å². The molecule has 0 radical (unpaired) electrons. The van der Waals surface area contributed by atoms with Gasteiger partial charge in [-0.15, -0.1) is 6.58 Å². The molecule has 4 atom stereocenters. The van der Waals surface area contributed by atoms with Crippen LogP contribution >= 0.6 is 0 Å². The normalized spacial score (nSPS) is 30.0. The average molecular weight is 476 g/mol. The molecule has 2 aliphatic rings. The van der Waals surface area contributed by atoms with Crippen molar-refractivity contribution in [3.8, 4) is 0 Å². The van der Waals surface area contributed by atoms with Crippen LogP contribution in [0.25, 0.3) is 0 Å². The number of nitrogens with one attached hydrogen (secondary N) is 2. The van der Waals surface area contributed by atoms with Crippen molar-refractivity contribution in [2.75, 3.05) is 13.1 Å². The second-order valence-corrected chi connectivity index (χ2v) is 13.0. The highest BCUT2D eigenvalue weighted by Crippen LogP contribution is 2.58. The lowest BCUT2D eigenvalue weighted by Gasteiger charge is -2.39. The number of benzene rings is 1. The van der Waals surface area contributed by atoms with E-state index < -0.39 is 26.5 Å². The van der Waals surface area contributed by atoms with E-state index in [1.165, 1.54) is 11.2 Å². The third-order valence-electron chi connectivity index (χ3n) is 7.01. The second-order valence-electron chi connectivity index (χ2n) is 11.0. The quantitative estimate of drug-likeness (QED) is 0.618. The summed E-state index contributed by atoms with van der Waals surface area (Å²) < 4.78 is 28.3. The highest BCUT2D eigenvalue weighted by atomic mass is 32.2. The number of carbonyl (C=O) groups excluding carboxylic acids is 2. The molecule has 1 heterocycles. The van der Waals surface area contributed by atoms with Gasteiger partial charge in [0.1, 0.15) is 5.54 Å². The number of hydrogen-bond acceptors (Lipinski definition) is 4. The number of sulfonamides is 1. The van der Waals surface area contributed by atoms with Crippen molar-refractivity contribution in [1.29, 1.82) is 0 Å². The van der Waals surface area contributed by atoms with E-state index in [1.54, 1.807) is 30.3 Å². The molecular formula is C25H37N3O4S. The van der Waals surface area contributed by atoms with Crippen LogP contribution in [0.15, 0.2) is 41.8 Å². The smallest absolute Gasteiger partial charge is 0.246 e. The highest BCUT2D eigenvalue weighted by molar-refractivity contribution is 7.89. The Bertz CT molecular complexity index is 1040. The van der Waals surface area contributed by atoms with Crippen LogP contribution in [0, 0.1) is 24.2 Å². The molecule has 0 bridgehead atoms. The minimum atomic E-state index is -3.66. The van der Waals surface area contributed by atoms with Crippen molar-refractivity contribution in [2.45, 2.75) is 70.4 Å². The Labute approximate surface area is 198 Å². The molecule has 1 aliphatic carbocycles. The average Bonchev–Trinajstić information content (AvgIpc) is 3.11. The summed E-state index contributed by atoms with van der Waals surface area (Å²) in [5, 5.41) is 6.05. The molecule has 8 heteroatoms. The lowest BCUT2D eigenvalue weighted by atomic mass is 9.77. The van der Waals surface area contributed by atoms with E-state index in [-0.39, 0.29) is 28.5 Å². The number of aryl methyl sites for hydroxylation is 1. The number of fused-ring (bicyclic) bond motifs is 1. The molecule has 2 unspecified atom stereocenters. The Kier molecular flexibility index (Phi) is 6.59. The molecule has 1 aromatic rings. The van der Waals surface area contributed by atoms with Gasteiger partial charge in [0.2, 0.25) is 21.8 Å². The van der Waals surface area contributed by atoms with Crippen LogP contribution in [0.1, 0.15) is 53.0 Å². The zero-order chi connectivity index (χ0) is 24.8. The minimum Gasteiger partial charge on any atom is -0.349 e. The minimum absolute atomic E-state index is 0.103. The first-order chi connectivity index (χ1) is 15.1. The molecule has 2 fully saturated rings. The SMILES string of the molecule is C=CCC1[C@@H]2CN(S(=O)(=O)c3ccc(C)cc3)C[C@]2(C)CC1(NC(C)=O)C(=O)NC(C)(C)C. The lowest BCUT2D eigenvalue weighted by molar-refractivity contribution is -0.136. The van der Waals surface area contributed by atoms with Crippen molar-refractivity contribution in [3.63, 3.8) is 0 Å². The Morgan fingerprint density at radius 2 is 1.85 bits per heavy atom. The fraction of sp³-hybridized carbons (Fsp3) is 0.600. The van der Waals surface area contributed by atoms with Crippen LogP contribution in [-0.4, -0.2) is 48.7 Å². The summed E-state index contributed by atoms with van der Waals surface area (Å²) in [6.07, 6.45) is 2.62. The third-order valence-corrected chi connectivity index (χ3v) is 8.83. The summed E-state index contributed by atoms with van der Waals surface area (Å²) in [6, 6.07) is 6.87. The standard InChI is InChI=1S/C25H37N3O4S/c1-8-9-20-21-14-28(33(31,32)19-12-10-17(2)11-13-19)16-24(21,7)15-25(20,26-18(3)29)22(30)27-23(4,5)6/h8,10-13,20-21H,1,9,14-16H2,2-7H3,(H,26,29)(H,27,30)/t20?,21-,24-,25?/m0/s1. The molecule has 2 amide bonds. The lowest BCUT2D eigenvalue weighted by Crippen LogP contribution is -2.64. The van der Waals surface area contributed by atoms with Gasteiger partial charge in [-0.05, 0) is 69.9 Å². The van der Waals surface area contributed by atoms with E-state index in [4.69, 9.17) is 0 Å². The summed E-state index contributed by atoms with van der Waals surface area (Å²) in [6.45, 7) is 15.6. The van der Waals surface area contributed by atoms with Gasteiger partial charge in [-0.25, -0.2) is 8.42 Å². The zero-order valence-electron chi connectivity index (χ0n) is 20.6. The molecular weight excluding hydrogens is 438 g/mol. The monoisotopic (exact) mass is 475 g/mol. The summed E-state index contributed by atoms with van der Waals surface area (Å²) in [5.41, 5.74) is -1.06. The molecule has 0 spiro atoms. The molecule has 3 rings (SSSR count). The van der Waals surface area contributed by atoms with E-state index in [0.717, 1.165) is 5.56 Å². The first-order valence-electron chi connectivity index (χ1n) is 11.4. The van der Waals surface area contributed by atoms with Gasteiger partial charge in [-0.3, -0.25) is 9.59 Å². The fourth-order valence-electron chi connectivity index (χ4n) is 5.73. The van der Waals surface area contributed by atoms with Gasteiger partial charge in [-0.2, -0.15) is 4.31 Å². The molecule has 1 aromatic carbocycles. The van der Waals surface area contributed by atoms with Crippen LogP contribution in [0.5, 0.6) is 0 Å². The summed E-state index contributed by atoms with van der Waals surface area (Å²) in [7, 11) is -3.66. The number of nitrogens with zero attached hydrogens (tertiary/aromatic N) is 1. The first kappa shape index (κ1) is 25.4. The van der Waals surface area contributed by atoms with Crippen molar-refractivity contribution in [2.24, 2.45) is 17.3 Å². The molecule has 182 valence electrons. The van der Waals surface area contributed by atoms with Gasteiger partial charge in [0.05, 0.1) is 4.90 Å². The predicted octanol–water partition coefficient (Wildman–Crippen LogP) is 3.01. The maximum Gasteiger partial charge on any atom is 0.246 e. The predicted molar refractivity (Wildman–Crippen MR) is 129 cm³/mol. The maximum absolute atomic E-state index is 13.6. The molecule has 1 aliphatic heterocycles. The van der Waals surface area contributed by atoms with Gasteiger partial charge in [0.15, 0.2) is 0 Å². The fourth-order valence-corrected chi connectivity index (χ4v) is 7.33. The zero-order valence-corrected chi connectivity index (χ0v) is 21.4. The Hall–Kier alpha value is -2.19. The van der Waals surface area contributed by atoms with Crippen molar-refractivity contribution >= 4 is 21.8 Å². The highest BCUT2D eigenvalue weighted by Gasteiger charge is 2.66. The number of hydrogen-bond donors (Lipinski definition) is 2. The molecule has 0 aromatic heterocycles. The molecule has 1 saturated carbocycles. The Balaban J connectivity index is 2.00. The van der Waals surface area contributed by atoms with Gasteiger partial charge in [0, 0.05) is 25.6 Å². The topological polar surface area (TPSA) is 95.6 Å². The van der Waals surface area contributed by atoms with Crippen molar-refractivity contribution in [3.05, 3.63) is 42.5 Å². The van der Waals surface area contributed by atoms with Crippen LogP contribution in [-0.2, 0) is 19.6 Å². The van der Waals surface area contributed by atoms with Gasteiger partial charge in [-0.1, -0.05) is 30.7 Å². The van der Waals surface area contributed by atoms with Crippen LogP contribution < -0.4 is 10.6 Å². The molecule has 7 nitrogen and oxygen atoms in total. The van der Waals surface area contributed by atoms with Gasteiger partial charge >= 0.3 is 0 Å². The largest absolute Gasteiger partial charge is 0.349 e. The summed E-state index contributed by atoms with van der Waals surface area (Å²) in [4.78, 5) is 26.2. The number of rotatable bonds is 6. The summed E-state index contributed by atoms with van der Waals surface area (Å²) in [5.74, 6) is -0.876. The van der Waals surface area contributed by atoms with Crippen molar-refractivity contribution in [1.82, 2.24) is 14.9 Å². The molecule has 1 saturated heterocycles. The first-order valence-corrected chi connectivity index (χ1v) is 12.9. The maximum atomic E-state index is 13.6. The Morgan fingerprint density at radius 3 is 2.36 bits per heavy atom. The van der Waals surface area contributed by atoms with Crippen molar-refractivity contribution < 1.29 is 18.0 Å². The number of amides is 2. The molecule has 33 heavy (non-hydrogen) atoms. The van der Waals surface area contributed by atoms with Crippen LogP contribution in [0.2, 0.25) is 0 Å². The number of allylic oxidation sites excluding steroid dienone is 1. The van der Waals surface area contributed by atoms with E-state index in [9.17, 15) is 18.0 Å². The Morgan fingerprint density at radius 1 is 1.24 bits per heavy atom. The number of carbonyl (C=O) groups is 2. The van der Waals surface area contributed by atoms with Gasteiger partial charge < -0.3 is 10.6 Å². The second kappa shape index (κ2) is 8.55. The van der Waals surface area contributed by atoms with E-state index >= 15 is 0 Å². The van der Waals surface area contributed by atoms with Gasteiger partial charge in [0.25, 0.3) is 0 Å². The van der Waals surface area contributed by atoms with E-state index in [2.05, 4.69) is 17.2 Å².